The molecule has 1 saturated heterocycles. The summed E-state index contributed by atoms with van der Waals surface area (Å²) in [5.74, 6) is -1.07. The Bertz CT molecular complexity index is 1760. The number of carbonyl (C=O) groups excluding carboxylic acids is 1. The molecule has 4 aromatic rings. The minimum atomic E-state index is -1.18. The van der Waals surface area contributed by atoms with Gasteiger partial charge in [0.2, 0.25) is 0 Å². The number of rotatable bonds is 10. The summed E-state index contributed by atoms with van der Waals surface area (Å²) >= 11 is 2.65. The third kappa shape index (κ3) is 6.03. The summed E-state index contributed by atoms with van der Waals surface area (Å²) in [4.78, 5) is 48.3. The van der Waals surface area contributed by atoms with Crippen LogP contribution in [-0.4, -0.2) is 65.8 Å². The quantitative estimate of drug-likeness (QED) is 0.157. The second-order valence-corrected chi connectivity index (χ2v) is 12.1. The number of hydrogen-bond acceptors (Lipinski definition) is 9. The van der Waals surface area contributed by atoms with Gasteiger partial charge >= 0.3 is 17.4 Å². The van der Waals surface area contributed by atoms with E-state index in [1.165, 1.54) is 33.1 Å². The molecular formula is C32H27N5O5S2. The molecule has 0 spiro atoms. The van der Waals surface area contributed by atoms with E-state index in [9.17, 15) is 19.5 Å². The summed E-state index contributed by atoms with van der Waals surface area (Å²) in [6, 6.07) is 27.9. The monoisotopic (exact) mass is 625 g/mol. The van der Waals surface area contributed by atoms with Crippen LogP contribution in [0.2, 0.25) is 0 Å². The number of ether oxygens (including phenoxy) is 1. The van der Waals surface area contributed by atoms with Crippen molar-refractivity contribution in [2.24, 2.45) is 12.0 Å². The van der Waals surface area contributed by atoms with Crippen molar-refractivity contribution in [3.63, 3.8) is 0 Å². The highest BCUT2D eigenvalue weighted by Crippen LogP contribution is 2.42. The first-order valence-corrected chi connectivity index (χ1v) is 15.8. The van der Waals surface area contributed by atoms with E-state index in [1.54, 1.807) is 13.3 Å². The number of carboxylic acid groups (broad SMARTS) is 1. The Kier molecular flexibility index (Phi) is 8.62. The van der Waals surface area contributed by atoms with E-state index in [2.05, 4.69) is 15.1 Å². The number of benzene rings is 3. The number of thioether (sulfide) groups is 2. The Balaban J connectivity index is 1.18. The van der Waals surface area contributed by atoms with E-state index in [0.29, 0.717) is 16.5 Å². The van der Waals surface area contributed by atoms with Gasteiger partial charge in [-0.25, -0.2) is 9.48 Å². The van der Waals surface area contributed by atoms with Crippen molar-refractivity contribution in [2.45, 2.75) is 22.7 Å². The van der Waals surface area contributed by atoms with Gasteiger partial charge in [0.05, 0.1) is 0 Å². The topological polar surface area (TPSA) is 127 Å². The largest absolute Gasteiger partial charge is 0.477 e. The van der Waals surface area contributed by atoms with E-state index >= 15 is 0 Å². The summed E-state index contributed by atoms with van der Waals surface area (Å²) in [6.07, 6.45) is 1.08. The first-order valence-electron chi connectivity index (χ1n) is 13.7. The number of aryl methyl sites for hydroxylation is 1. The normalized spacial score (nSPS) is 18.0. The molecule has 1 N–H and O–H groups in total. The minimum Gasteiger partial charge on any atom is -0.477 e. The van der Waals surface area contributed by atoms with Gasteiger partial charge in [0, 0.05) is 24.8 Å². The number of amides is 1. The number of fused-ring (bicyclic) bond motifs is 1. The van der Waals surface area contributed by atoms with Crippen LogP contribution in [0.5, 0.6) is 5.88 Å². The van der Waals surface area contributed by atoms with Crippen molar-refractivity contribution >= 4 is 41.6 Å². The van der Waals surface area contributed by atoms with Crippen LogP contribution in [0.15, 0.2) is 117 Å². The number of aliphatic imine (C=N–C) groups is 1. The molecule has 0 unspecified atom stereocenters. The number of hydrogen-bond donors (Lipinski definition) is 1. The summed E-state index contributed by atoms with van der Waals surface area (Å²) in [7, 11) is 1.65. The lowest BCUT2D eigenvalue weighted by molar-refractivity contribution is -0.147. The van der Waals surface area contributed by atoms with E-state index < -0.39 is 23.7 Å². The van der Waals surface area contributed by atoms with Crippen LogP contribution in [0.4, 0.5) is 0 Å². The highest BCUT2D eigenvalue weighted by atomic mass is 32.2. The summed E-state index contributed by atoms with van der Waals surface area (Å²) in [5.41, 5.74) is 2.47. The number of nitrogens with zero attached hydrogens (tertiary/aromatic N) is 5. The van der Waals surface area contributed by atoms with Gasteiger partial charge in [-0.15, -0.1) is 16.9 Å². The average molecular weight is 626 g/mol. The predicted octanol–water partition coefficient (Wildman–Crippen LogP) is 4.18. The molecule has 0 bridgehead atoms. The lowest BCUT2D eigenvalue weighted by Crippen LogP contribution is -2.64. The van der Waals surface area contributed by atoms with Crippen LogP contribution in [0, 0.1) is 0 Å². The Morgan fingerprint density at radius 1 is 1.05 bits per heavy atom. The zero-order valence-electron chi connectivity index (χ0n) is 23.5. The fourth-order valence-electron chi connectivity index (χ4n) is 4.96. The molecule has 0 saturated carbocycles. The standard InChI is InChI=1S/C32H27N5O5S2/c1-36-32(34-27(38)28(35-36)42-26(21-13-7-3-8-14-21)22-15-9-4-10-16-22)44-19-23-18-43-30-24(29(39)37(30)25(23)31(40)41)33-17-20-11-5-2-6-12-20/h2-17,24,26,30H,18-19H2,1H3,(H,40,41)/t24-,30-/m1/s1. The average Bonchev–Trinajstić information content (AvgIpc) is 3.05. The van der Waals surface area contributed by atoms with Gasteiger partial charge in [-0.05, 0) is 22.3 Å². The molecule has 1 aromatic heterocycles. The molecule has 1 fully saturated rings. The first-order chi connectivity index (χ1) is 21.4. The molecular weight excluding hydrogens is 599 g/mol. The smallest absolute Gasteiger partial charge is 0.352 e. The minimum absolute atomic E-state index is 0.0381. The van der Waals surface area contributed by atoms with Crippen molar-refractivity contribution in [1.29, 1.82) is 0 Å². The lowest BCUT2D eigenvalue weighted by Gasteiger charge is -2.47. The number of aromatic nitrogens is 3. The second-order valence-electron chi connectivity index (χ2n) is 10.0. The molecule has 3 aromatic carbocycles. The van der Waals surface area contributed by atoms with Crippen LogP contribution in [0.25, 0.3) is 0 Å². The fraction of sp³-hybridized carbons (Fsp3) is 0.188. The maximum Gasteiger partial charge on any atom is 0.352 e. The lowest BCUT2D eigenvalue weighted by atomic mass is 10.0. The molecule has 1 amide bonds. The molecule has 3 heterocycles. The molecule has 44 heavy (non-hydrogen) atoms. The van der Waals surface area contributed by atoms with Gasteiger partial charge < -0.3 is 9.84 Å². The fourth-order valence-corrected chi connectivity index (χ4v) is 7.34. The SMILES string of the molecule is Cn1nc(OC(c2ccccc2)c2ccccc2)c(=O)nc1SCC1=C(C(=O)O)N2C(=O)[C@@H](N=Cc3ccccc3)[C@H]2SC1. The van der Waals surface area contributed by atoms with E-state index in [4.69, 9.17) is 4.74 Å². The van der Waals surface area contributed by atoms with Gasteiger partial charge in [0.25, 0.3) is 5.91 Å². The van der Waals surface area contributed by atoms with Crippen LogP contribution >= 0.6 is 23.5 Å². The molecule has 2 aliphatic heterocycles. The zero-order chi connectivity index (χ0) is 30.6. The third-order valence-corrected chi connectivity index (χ3v) is 9.54. The van der Waals surface area contributed by atoms with Crippen molar-refractivity contribution in [2.75, 3.05) is 11.5 Å². The van der Waals surface area contributed by atoms with Crippen molar-refractivity contribution < 1.29 is 19.4 Å². The zero-order valence-corrected chi connectivity index (χ0v) is 25.1. The molecule has 2 aliphatic rings. The number of carboxylic acids is 1. The first kappa shape index (κ1) is 29.4. The van der Waals surface area contributed by atoms with Crippen LogP contribution < -0.4 is 10.3 Å². The highest BCUT2D eigenvalue weighted by Gasteiger charge is 2.53. The molecule has 222 valence electrons. The van der Waals surface area contributed by atoms with E-state index in [-0.39, 0.29) is 28.6 Å². The molecule has 6 rings (SSSR count). The molecule has 10 nitrogen and oxygen atoms in total. The molecule has 2 atom stereocenters. The Morgan fingerprint density at radius 3 is 2.27 bits per heavy atom. The molecule has 0 radical (unpaired) electrons. The van der Waals surface area contributed by atoms with Crippen LogP contribution in [0.1, 0.15) is 22.8 Å². The molecule has 0 aliphatic carbocycles. The van der Waals surface area contributed by atoms with Crippen LogP contribution in [0.3, 0.4) is 0 Å². The predicted molar refractivity (Wildman–Crippen MR) is 169 cm³/mol. The number of carbonyl (C=O) groups is 2. The molecule has 12 heteroatoms. The third-order valence-electron chi connectivity index (χ3n) is 7.11. The summed E-state index contributed by atoms with van der Waals surface area (Å²) in [5, 5.41) is 14.3. The van der Waals surface area contributed by atoms with Gasteiger partial charge in [-0.2, -0.15) is 4.98 Å². The van der Waals surface area contributed by atoms with E-state index in [0.717, 1.165) is 16.7 Å². The van der Waals surface area contributed by atoms with Gasteiger partial charge in [-0.1, -0.05) is 103 Å². The Labute approximate surface area is 261 Å². The summed E-state index contributed by atoms with van der Waals surface area (Å²) in [6.45, 7) is 0. The van der Waals surface area contributed by atoms with Gasteiger partial charge in [-0.3, -0.25) is 19.5 Å². The maximum absolute atomic E-state index is 13.1. The van der Waals surface area contributed by atoms with Crippen LogP contribution in [-0.2, 0) is 16.6 Å². The Hall–Kier alpha value is -4.68. The number of aliphatic carboxylic acids is 1. The highest BCUT2D eigenvalue weighted by molar-refractivity contribution is 8.01. The van der Waals surface area contributed by atoms with Crippen molar-refractivity contribution in [3.8, 4) is 5.88 Å². The van der Waals surface area contributed by atoms with Crippen molar-refractivity contribution in [1.82, 2.24) is 19.7 Å². The van der Waals surface area contributed by atoms with Crippen molar-refractivity contribution in [3.05, 3.63) is 129 Å². The van der Waals surface area contributed by atoms with Gasteiger partial charge in [0.15, 0.2) is 17.3 Å². The number of β-lactam (4-membered cyclic amide) rings is 1. The summed E-state index contributed by atoms with van der Waals surface area (Å²) < 4.78 is 7.58. The van der Waals surface area contributed by atoms with E-state index in [1.807, 2.05) is 91.0 Å². The Morgan fingerprint density at radius 2 is 1.66 bits per heavy atom. The van der Waals surface area contributed by atoms with Gasteiger partial charge in [0.1, 0.15) is 11.1 Å². The maximum atomic E-state index is 13.1. The second kappa shape index (κ2) is 12.9.